The molecule has 1 aliphatic carbocycles. The van der Waals surface area contributed by atoms with Crippen molar-refractivity contribution in [3.05, 3.63) is 21.9 Å². The first kappa shape index (κ1) is 15.4. The molecule has 5 heteroatoms. The van der Waals surface area contributed by atoms with Crippen LogP contribution in [0.25, 0.3) is 0 Å². The molecule has 0 bridgehead atoms. The van der Waals surface area contributed by atoms with Crippen LogP contribution in [0.3, 0.4) is 0 Å². The van der Waals surface area contributed by atoms with Gasteiger partial charge in [0.2, 0.25) is 5.91 Å². The number of hydrogen-bond donors (Lipinski definition) is 2. The number of thiophene rings is 1. The molecular formula is C15H22N2OS2. The number of nitrogens with one attached hydrogen (secondary N) is 1. The molecule has 0 saturated heterocycles. The number of amides is 1. The van der Waals surface area contributed by atoms with Gasteiger partial charge in [0.1, 0.15) is 0 Å². The van der Waals surface area contributed by atoms with Gasteiger partial charge in [0.25, 0.3) is 0 Å². The van der Waals surface area contributed by atoms with E-state index in [0.29, 0.717) is 10.9 Å². The van der Waals surface area contributed by atoms with E-state index >= 15 is 0 Å². The monoisotopic (exact) mass is 310 g/mol. The third kappa shape index (κ3) is 3.04. The molecule has 1 saturated carbocycles. The van der Waals surface area contributed by atoms with E-state index in [-0.39, 0.29) is 11.9 Å². The van der Waals surface area contributed by atoms with Gasteiger partial charge in [-0.25, -0.2) is 0 Å². The fourth-order valence-electron chi connectivity index (χ4n) is 2.94. The largest absolute Gasteiger partial charge is 0.392 e. The van der Waals surface area contributed by atoms with E-state index in [4.69, 9.17) is 18.0 Å². The highest BCUT2D eigenvalue weighted by molar-refractivity contribution is 7.80. The molecular weight excluding hydrogens is 288 g/mol. The van der Waals surface area contributed by atoms with E-state index in [1.807, 2.05) is 6.92 Å². The Hall–Kier alpha value is -0.940. The van der Waals surface area contributed by atoms with Crippen LogP contribution in [-0.4, -0.2) is 16.9 Å². The van der Waals surface area contributed by atoms with Crippen LogP contribution >= 0.6 is 23.6 Å². The molecule has 110 valence electrons. The molecule has 0 aromatic carbocycles. The summed E-state index contributed by atoms with van der Waals surface area (Å²) in [6.45, 7) is 6.25. The Morgan fingerprint density at radius 2 is 2.25 bits per heavy atom. The van der Waals surface area contributed by atoms with Gasteiger partial charge in [0.05, 0.1) is 10.4 Å². The lowest BCUT2D eigenvalue weighted by Crippen LogP contribution is -2.57. The lowest BCUT2D eigenvalue weighted by Gasteiger charge is -2.44. The summed E-state index contributed by atoms with van der Waals surface area (Å²) in [5.41, 5.74) is 5.20. The Kier molecular flexibility index (Phi) is 4.49. The van der Waals surface area contributed by atoms with Crippen molar-refractivity contribution in [3.63, 3.8) is 0 Å². The Labute approximate surface area is 129 Å². The molecule has 0 spiro atoms. The number of rotatable bonds is 5. The van der Waals surface area contributed by atoms with Crippen molar-refractivity contribution in [2.24, 2.45) is 17.1 Å². The summed E-state index contributed by atoms with van der Waals surface area (Å²) in [5.74, 6) is 0.529. The number of thiocarbonyl (C=S) groups is 1. The first-order chi connectivity index (χ1) is 9.33. The highest BCUT2D eigenvalue weighted by Gasteiger charge is 2.50. The number of hydrogen-bond acceptors (Lipinski definition) is 3. The highest BCUT2D eigenvalue weighted by Crippen LogP contribution is 2.46. The summed E-state index contributed by atoms with van der Waals surface area (Å²) in [5, 5.41) is 3.08. The molecule has 1 fully saturated rings. The number of carbonyl (C=O) groups excluding carboxylic acids is 1. The molecule has 3 nitrogen and oxygen atoms in total. The summed E-state index contributed by atoms with van der Waals surface area (Å²) in [6.07, 6.45) is 2.41. The highest BCUT2D eigenvalue weighted by atomic mass is 32.1. The van der Waals surface area contributed by atoms with Gasteiger partial charge in [-0.05, 0) is 44.7 Å². The van der Waals surface area contributed by atoms with E-state index in [0.717, 1.165) is 19.3 Å². The molecule has 1 atom stereocenters. The van der Waals surface area contributed by atoms with Crippen molar-refractivity contribution in [1.29, 1.82) is 0 Å². The van der Waals surface area contributed by atoms with Crippen molar-refractivity contribution < 1.29 is 4.79 Å². The minimum absolute atomic E-state index is 0.00359. The molecule has 0 radical (unpaired) electrons. The van der Waals surface area contributed by atoms with Crippen molar-refractivity contribution in [1.82, 2.24) is 5.32 Å². The molecule has 1 aromatic rings. The SMILES string of the molecule is Cc1ccc(CC(C)NC(=O)C2(C(N)=S)CC(C)C2)s1. The third-order valence-electron chi connectivity index (χ3n) is 3.98. The van der Waals surface area contributed by atoms with Gasteiger partial charge in [0.15, 0.2) is 0 Å². The minimum atomic E-state index is -0.603. The molecule has 2 rings (SSSR count). The van der Waals surface area contributed by atoms with Crippen LogP contribution in [0.2, 0.25) is 0 Å². The first-order valence-corrected chi connectivity index (χ1v) is 8.22. The third-order valence-corrected chi connectivity index (χ3v) is 5.39. The molecule has 3 N–H and O–H groups in total. The van der Waals surface area contributed by atoms with Crippen LogP contribution in [0.5, 0.6) is 0 Å². The standard InChI is InChI=1S/C15H22N2OS2/c1-9-7-15(8-9,13(16)19)14(18)17-10(2)6-12-5-4-11(3)20-12/h4-5,9-10H,6-8H2,1-3H3,(H2,16,19)(H,17,18). The maximum absolute atomic E-state index is 12.5. The Balaban J connectivity index is 1.95. The van der Waals surface area contributed by atoms with Gasteiger partial charge >= 0.3 is 0 Å². The van der Waals surface area contributed by atoms with E-state index in [2.05, 4.69) is 31.3 Å². The van der Waals surface area contributed by atoms with Crippen molar-refractivity contribution >= 4 is 34.5 Å². The van der Waals surface area contributed by atoms with Crippen molar-refractivity contribution in [2.45, 2.75) is 46.1 Å². The topological polar surface area (TPSA) is 55.1 Å². The zero-order valence-electron chi connectivity index (χ0n) is 12.2. The molecule has 1 aliphatic rings. The predicted octanol–water partition coefficient (Wildman–Crippen LogP) is 2.81. The van der Waals surface area contributed by atoms with Crippen LogP contribution in [0, 0.1) is 18.3 Å². The smallest absolute Gasteiger partial charge is 0.233 e. The Bertz CT molecular complexity index is 518. The summed E-state index contributed by atoms with van der Waals surface area (Å²) in [7, 11) is 0. The number of carbonyl (C=O) groups is 1. The van der Waals surface area contributed by atoms with Crippen LogP contribution in [-0.2, 0) is 11.2 Å². The minimum Gasteiger partial charge on any atom is -0.392 e. The van der Waals surface area contributed by atoms with Gasteiger partial charge in [-0.15, -0.1) is 11.3 Å². The molecule has 20 heavy (non-hydrogen) atoms. The van der Waals surface area contributed by atoms with Gasteiger partial charge in [0, 0.05) is 22.2 Å². The molecule has 1 aromatic heterocycles. The van der Waals surface area contributed by atoms with Crippen molar-refractivity contribution in [2.75, 3.05) is 0 Å². The Morgan fingerprint density at radius 3 is 2.70 bits per heavy atom. The molecule has 1 unspecified atom stereocenters. The first-order valence-electron chi connectivity index (χ1n) is 6.99. The second-order valence-electron chi connectivity index (χ2n) is 6.05. The molecule has 1 heterocycles. The van der Waals surface area contributed by atoms with Crippen molar-refractivity contribution in [3.8, 4) is 0 Å². The van der Waals surface area contributed by atoms with E-state index in [1.54, 1.807) is 11.3 Å². The maximum Gasteiger partial charge on any atom is 0.233 e. The van der Waals surface area contributed by atoms with E-state index in [9.17, 15) is 4.79 Å². The fourth-order valence-corrected chi connectivity index (χ4v) is 4.22. The van der Waals surface area contributed by atoms with Crippen LogP contribution < -0.4 is 11.1 Å². The number of nitrogens with two attached hydrogens (primary N) is 1. The van der Waals surface area contributed by atoms with E-state index < -0.39 is 5.41 Å². The van der Waals surface area contributed by atoms with Gasteiger partial charge < -0.3 is 11.1 Å². The average molecular weight is 310 g/mol. The Morgan fingerprint density at radius 1 is 1.60 bits per heavy atom. The number of aryl methyl sites for hydroxylation is 1. The lowest BCUT2D eigenvalue weighted by molar-refractivity contribution is -0.133. The predicted molar refractivity (Wildman–Crippen MR) is 88.0 cm³/mol. The summed E-state index contributed by atoms with van der Waals surface area (Å²) >= 11 is 6.89. The second kappa shape index (κ2) is 5.82. The maximum atomic E-state index is 12.5. The van der Waals surface area contributed by atoms with Gasteiger partial charge in [-0.2, -0.15) is 0 Å². The summed E-state index contributed by atoms with van der Waals surface area (Å²) in [4.78, 5) is 15.4. The zero-order chi connectivity index (χ0) is 14.9. The lowest BCUT2D eigenvalue weighted by atomic mass is 9.62. The quantitative estimate of drug-likeness (QED) is 0.822. The normalized spacial score (nSPS) is 26.6. The van der Waals surface area contributed by atoms with Crippen LogP contribution in [0.15, 0.2) is 12.1 Å². The fraction of sp³-hybridized carbons (Fsp3) is 0.600. The average Bonchev–Trinajstić information content (AvgIpc) is 2.69. The van der Waals surface area contributed by atoms with Crippen LogP contribution in [0.4, 0.5) is 0 Å². The van der Waals surface area contributed by atoms with Gasteiger partial charge in [-0.1, -0.05) is 19.1 Å². The molecule has 1 amide bonds. The van der Waals surface area contributed by atoms with Gasteiger partial charge in [-0.3, -0.25) is 4.79 Å². The van der Waals surface area contributed by atoms with E-state index in [1.165, 1.54) is 9.75 Å². The molecule has 0 aliphatic heterocycles. The summed E-state index contributed by atoms with van der Waals surface area (Å²) < 4.78 is 0. The zero-order valence-corrected chi connectivity index (χ0v) is 13.9. The summed E-state index contributed by atoms with van der Waals surface area (Å²) in [6, 6.07) is 4.33. The second-order valence-corrected chi connectivity index (χ2v) is 7.86. The van der Waals surface area contributed by atoms with Crippen LogP contribution in [0.1, 0.15) is 36.4 Å².